The molecule has 0 aromatic heterocycles. The fraction of sp³-hybridized carbons (Fsp3) is 0.500. The molecular formula is C14H23N3O4S. The van der Waals surface area contributed by atoms with Gasteiger partial charge in [-0.15, -0.1) is 0 Å². The molecule has 7 nitrogen and oxygen atoms in total. The molecule has 0 saturated carbocycles. The maximum Gasteiger partial charge on any atom is 0.251 e. The van der Waals surface area contributed by atoms with E-state index in [2.05, 4.69) is 10.0 Å². The summed E-state index contributed by atoms with van der Waals surface area (Å²) in [4.78, 5) is 12.0. The Morgan fingerprint density at radius 3 is 2.73 bits per heavy atom. The van der Waals surface area contributed by atoms with Crippen molar-refractivity contribution in [2.45, 2.75) is 17.7 Å². The molecule has 0 radical (unpaired) electrons. The molecule has 1 aromatic carbocycles. The topological polar surface area (TPSA) is 111 Å². The number of carbonyl (C=O) groups is 1. The second-order valence-corrected chi connectivity index (χ2v) is 6.44. The first-order valence-corrected chi connectivity index (χ1v) is 8.56. The molecule has 0 spiro atoms. The van der Waals surface area contributed by atoms with Crippen molar-refractivity contribution in [3.8, 4) is 0 Å². The lowest BCUT2D eigenvalue weighted by molar-refractivity contribution is 0.0953. The Morgan fingerprint density at radius 2 is 2.05 bits per heavy atom. The predicted octanol–water partition coefficient (Wildman–Crippen LogP) is 0.0800. The average Bonchev–Trinajstić information content (AvgIpc) is 2.51. The molecule has 0 aliphatic rings. The van der Waals surface area contributed by atoms with Gasteiger partial charge >= 0.3 is 0 Å². The zero-order valence-electron chi connectivity index (χ0n) is 12.7. The summed E-state index contributed by atoms with van der Waals surface area (Å²) in [6, 6.07) is 5.92. The SMILES string of the molecule is COCCNS(=O)(=O)c1cccc(C(=O)NCCCCN)c1. The highest BCUT2D eigenvalue weighted by molar-refractivity contribution is 7.89. The molecule has 22 heavy (non-hydrogen) atoms. The van der Waals surface area contributed by atoms with E-state index in [1.807, 2.05) is 0 Å². The molecule has 8 heteroatoms. The molecule has 0 unspecified atom stereocenters. The molecule has 0 aliphatic carbocycles. The van der Waals surface area contributed by atoms with Crippen LogP contribution in [0.3, 0.4) is 0 Å². The van der Waals surface area contributed by atoms with Gasteiger partial charge in [-0.05, 0) is 37.6 Å². The first-order valence-electron chi connectivity index (χ1n) is 7.08. The van der Waals surface area contributed by atoms with Gasteiger partial charge in [0.1, 0.15) is 0 Å². The number of unbranched alkanes of at least 4 members (excludes halogenated alkanes) is 1. The molecule has 124 valence electrons. The van der Waals surface area contributed by atoms with Crippen molar-refractivity contribution in [1.29, 1.82) is 0 Å². The van der Waals surface area contributed by atoms with Crippen LogP contribution in [0.25, 0.3) is 0 Å². The molecule has 0 heterocycles. The Labute approximate surface area is 131 Å². The molecule has 4 N–H and O–H groups in total. The van der Waals surface area contributed by atoms with E-state index in [9.17, 15) is 13.2 Å². The lowest BCUT2D eigenvalue weighted by Gasteiger charge is -2.08. The molecule has 1 aromatic rings. The van der Waals surface area contributed by atoms with E-state index >= 15 is 0 Å². The summed E-state index contributed by atoms with van der Waals surface area (Å²) in [7, 11) is -2.15. The summed E-state index contributed by atoms with van der Waals surface area (Å²) < 4.78 is 31.3. The fourth-order valence-electron chi connectivity index (χ4n) is 1.74. The number of carbonyl (C=O) groups excluding carboxylic acids is 1. The van der Waals surface area contributed by atoms with E-state index in [0.29, 0.717) is 18.7 Å². The maximum atomic E-state index is 12.1. The van der Waals surface area contributed by atoms with Crippen molar-refractivity contribution in [3.63, 3.8) is 0 Å². The number of benzene rings is 1. The van der Waals surface area contributed by atoms with E-state index in [-0.39, 0.29) is 24.0 Å². The highest BCUT2D eigenvalue weighted by Crippen LogP contribution is 2.11. The van der Waals surface area contributed by atoms with Gasteiger partial charge in [-0.25, -0.2) is 13.1 Å². The van der Waals surface area contributed by atoms with Gasteiger partial charge in [0.25, 0.3) is 5.91 Å². The van der Waals surface area contributed by atoms with Crippen LogP contribution in [-0.2, 0) is 14.8 Å². The summed E-state index contributed by atoms with van der Waals surface area (Å²) >= 11 is 0. The predicted molar refractivity (Wildman–Crippen MR) is 84.1 cm³/mol. The van der Waals surface area contributed by atoms with Crippen molar-refractivity contribution in [1.82, 2.24) is 10.0 Å². The third kappa shape index (κ3) is 6.10. The normalized spacial score (nSPS) is 11.4. The zero-order valence-corrected chi connectivity index (χ0v) is 13.5. The van der Waals surface area contributed by atoms with Gasteiger partial charge in [0, 0.05) is 25.8 Å². The molecule has 0 fully saturated rings. The van der Waals surface area contributed by atoms with Gasteiger partial charge in [-0.3, -0.25) is 4.79 Å². The van der Waals surface area contributed by atoms with Crippen LogP contribution < -0.4 is 15.8 Å². The summed E-state index contributed by atoms with van der Waals surface area (Å²) in [6.07, 6.45) is 1.62. The van der Waals surface area contributed by atoms with Crippen molar-refractivity contribution in [2.75, 3.05) is 33.4 Å². The average molecular weight is 329 g/mol. The molecular weight excluding hydrogens is 306 g/mol. The summed E-state index contributed by atoms with van der Waals surface area (Å²) in [5.41, 5.74) is 5.69. The van der Waals surface area contributed by atoms with Gasteiger partial charge in [0.2, 0.25) is 10.0 Å². The van der Waals surface area contributed by atoms with Gasteiger partial charge in [-0.1, -0.05) is 6.07 Å². The zero-order chi connectivity index (χ0) is 16.4. The van der Waals surface area contributed by atoms with Crippen LogP contribution in [0.4, 0.5) is 0 Å². The maximum absolute atomic E-state index is 12.1. The molecule has 1 rings (SSSR count). The molecule has 0 saturated heterocycles. The number of nitrogens with one attached hydrogen (secondary N) is 2. The second kappa shape index (κ2) is 9.52. The summed E-state index contributed by atoms with van der Waals surface area (Å²) in [5.74, 6) is -0.300. The minimum atomic E-state index is -3.64. The third-order valence-electron chi connectivity index (χ3n) is 2.92. The molecule has 0 aliphatic heterocycles. The lowest BCUT2D eigenvalue weighted by Crippen LogP contribution is -2.28. The Kier molecular flexibility index (Phi) is 8.03. The van der Waals surface area contributed by atoms with Crippen molar-refractivity contribution in [3.05, 3.63) is 29.8 Å². The van der Waals surface area contributed by atoms with Crippen molar-refractivity contribution < 1.29 is 17.9 Å². The van der Waals surface area contributed by atoms with Gasteiger partial charge < -0.3 is 15.8 Å². The van der Waals surface area contributed by atoms with Crippen molar-refractivity contribution in [2.24, 2.45) is 5.73 Å². The monoisotopic (exact) mass is 329 g/mol. The molecule has 0 atom stereocenters. The Hall–Kier alpha value is -1.48. The number of ether oxygens (including phenoxy) is 1. The highest BCUT2D eigenvalue weighted by Gasteiger charge is 2.15. The number of methoxy groups -OCH3 is 1. The Balaban J connectivity index is 2.70. The number of hydrogen-bond acceptors (Lipinski definition) is 5. The van der Waals surface area contributed by atoms with Gasteiger partial charge in [0.15, 0.2) is 0 Å². The van der Waals surface area contributed by atoms with Crippen molar-refractivity contribution >= 4 is 15.9 Å². The Bertz CT molecular complexity index is 575. The third-order valence-corrected chi connectivity index (χ3v) is 4.38. The lowest BCUT2D eigenvalue weighted by atomic mass is 10.2. The van der Waals surface area contributed by atoms with E-state index in [1.165, 1.54) is 19.2 Å². The quantitative estimate of drug-likeness (QED) is 0.527. The summed E-state index contributed by atoms with van der Waals surface area (Å²) in [6.45, 7) is 1.55. The largest absolute Gasteiger partial charge is 0.383 e. The van der Waals surface area contributed by atoms with Crippen LogP contribution in [0.5, 0.6) is 0 Å². The Morgan fingerprint density at radius 1 is 1.27 bits per heavy atom. The first kappa shape index (κ1) is 18.6. The van der Waals surface area contributed by atoms with Crippen LogP contribution in [0.2, 0.25) is 0 Å². The molecule has 0 bridgehead atoms. The second-order valence-electron chi connectivity index (χ2n) is 4.67. The van der Waals surface area contributed by atoms with Crippen LogP contribution in [0.15, 0.2) is 29.2 Å². The van der Waals surface area contributed by atoms with Crippen LogP contribution in [0.1, 0.15) is 23.2 Å². The van der Waals surface area contributed by atoms with E-state index in [0.717, 1.165) is 12.8 Å². The first-order chi connectivity index (χ1) is 10.5. The smallest absolute Gasteiger partial charge is 0.251 e. The van der Waals surface area contributed by atoms with Crippen LogP contribution in [-0.4, -0.2) is 47.7 Å². The number of amides is 1. The van der Waals surface area contributed by atoms with E-state index in [4.69, 9.17) is 10.5 Å². The van der Waals surface area contributed by atoms with Gasteiger partial charge in [0.05, 0.1) is 11.5 Å². The van der Waals surface area contributed by atoms with Crippen LogP contribution in [0, 0.1) is 0 Å². The fourth-order valence-corrected chi connectivity index (χ4v) is 2.80. The highest BCUT2D eigenvalue weighted by atomic mass is 32.2. The van der Waals surface area contributed by atoms with E-state index in [1.54, 1.807) is 12.1 Å². The minimum Gasteiger partial charge on any atom is -0.383 e. The number of rotatable bonds is 10. The summed E-state index contributed by atoms with van der Waals surface area (Å²) in [5, 5.41) is 2.74. The molecule has 1 amide bonds. The number of nitrogens with two attached hydrogens (primary N) is 1. The van der Waals surface area contributed by atoms with E-state index < -0.39 is 10.0 Å². The standard InChI is InChI=1S/C14H23N3O4S/c1-21-10-9-17-22(19,20)13-6-4-5-12(11-13)14(18)16-8-3-2-7-15/h4-6,11,17H,2-3,7-10,15H2,1H3,(H,16,18). The van der Waals surface area contributed by atoms with Crippen LogP contribution >= 0.6 is 0 Å². The minimum absolute atomic E-state index is 0.0539. The number of hydrogen-bond donors (Lipinski definition) is 3. The van der Waals surface area contributed by atoms with Gasteiger partial charge in [-0.2, -0.15) is 0 Å². The number of sulfonamides is 1.